The van der Waals surface area contributed by atoms with Gasteiger partial charge in [0.25, 0.3) is 0 Å². The van der Waals surface area contributed by atoms with Gasteiger partial charge in [0.1, 0.15) is 11.7 Å². The first-order valence-corrected chi connectivity index (χ1v) is 5.57. The van der Waals surface area contributed by atoms with Crippen LogP contribution in [-0.2, 0) is 5.41 Å². The highest BCUT2D eigenvalue weighted by Crippen LogP contribution is 2.28. The molecule has 1 aromatic heterocycles. The monoisotopic (exact) mass is 229 g/mol. The van der Waals surface area contributed by atoms with E-state index >= 15 is 0 Å². The standard InChI is InChI=1S/C12H11N3S/c1-12(6-13,7-16)11-9-4-2-3-5-10(9)14-8-15-11/h2-5,8,16H,7H2,1H3. The van der Waals surface area contributed by atoms with Gasteiger partial charge in [0, 0.05) is 11.1 Å². The van der Waals surface area contributed by atoms with E-state index in [0.29, 0.717) is 5.75 Å². The summed E-state index contributed by atoms with van der Waals surface area (Å²) < 4.78 is 0. The first kappa shape index (κ1) is 10.9. The molecule has 4 heteroatoms. The minimum Gasteiger partial charge on any atom is -0.239 e. The van der Waals surface area contributed by atoms with Crippen LogP contribution in [0.1, 0.15) is 12.6 Å². The van der Waals surface area contributed by atoms with Gasteiger partial charge in [-0.3, -0.25) is 0 Å². The minimum absolute atomic E-state index is 0.435. The molecule has 0 fully saturated rings. The lowest BCUT2D eigenvalue weighted by atomic mass is 9.88. The predicted molar refractivity (Wildman–Crippen MR) is 66.4 cm³/mol. The Kier molecular flexibility index (Phi) is 2.80. The van der Waals surface area contributed by atoms with Crippen molar-refractivity contribution < 1.29 is 0 Å². The number of para-hydroxylation sites is 1. The van der Waals surface area contributed by atoms with Gasteiger partial charge in [0.2, 0.25) is 0 Å². The maximum Gasteiger partial charge on any atom is 0.116 e. The fourth-order valence-corrected chi connectivity index (χ4v) is 1.83. The molecule has 1 aromatic carbocycles. The summed E-state index contributed by atoms with van der Waals surface area (Å²) >= 11 is 4.24. The number of hydrogen-bond donors (Lipinski definition) is 1. The van der Waals surface area contributed by atoms with Crippen LogP contribution in [0.15, 0.2) is 30.6 Å². The third-order valence-corrected chi connectivity index (χ3v) is 3.26. The van der Waals surface area contributed by atoms with E-state index in [0.717, 1.165) is 16.6 Å². The van der Waals surface area contributed by atoms with Crippen molar-refractivity contribution in [3.05, 3.63) is 36.3 Å². The largest absolute Gasteiger partial charge is 0.239 e. The van der Waals surface area contributed by atoms with Crippen LogP contribution in [0.3, 0.4) is 0 Å². The molecule has 0 saturated heterocycles. The Morgan fingerprint density at radius 1 is 1.38 bits per heavy atom. The molecule has 1 unspecified atom stereocenters. The van der Waals surface area contributed by atoms with Gasteiger partial charge in [0.15, 0.2) is 0 Å². The zero-order valence-corrected chi connectivity index (χ0v) is 9.78. The van der Waals surface area contributed by atoms with E-state index in [9.17, 15) is 5.26 Å². The molecular weight excluding hydrogens is 218 g/mol. The highest BCUT2D eigenvalue weighted by atomic mass is 32.1. The Bertz CT molecular complexity index is 556. The van der Waals surface area contributed by atoms with Crippen LogP contribution in [0.25, 0.3) is 10.9 Å². The second-order valence-electron chi connectivity index (χ2n) is 3.84. The number of benzene rings is 1. The maximum atomic E-state index is 9.24. The van der Waals surface area contributed by atoms with Crippen LogP contribution >= 0.6 is 12.6 Å². The van der Waals surface area contributed by atoms with E-state index in [1.807, 2.05) is 31.2 Å². The average molecular weight is 229 g/mol. The van der Waals surface area contributed by atoms with Gasteiger partial charge in [-0.05, 0) is 13.0 Å². The van der Waals surface area contributed by atoms with Crippen molar-refractivity contribution in [1.82, 2.24) is 9.97 Å². The lowest BCUT2D eigenvalue weighted by Gasteiger charge is -2.19. The van der Waals surface area contributed by atoms with Crippen molar-refractivity contribution in [3.8, 4) is 6.07 Å². The normalized spacial score (nSPS) is 14.3. The number of aromatic nitrogens is 2. The van der Waals surface area contributed by atoms with E-state index < -0.39 is 5.41 Å². The van der Waals surface area contributed by atoms with Crippen molar-refractivity contribution in [2.75, 3.05) is 5.75 Å². The van der Waals surface area contributed by atoms with Crippen molar-refractivity contribution >= 4 is 23.5 Å². The van der Waals surface area contributed by atoms with Crippen molar-refractivity contribution in [1.29, 1.82) is 5.26 Å². The lowest BCUT2D eigenvalue weighted by Crippen LogP contribution is -2.23. The summed E-state index contributed by atoms with van der Waals surface area (Å²) in [6, 6.07) is 9.96. The lowest BCUT2D eigenvalue weighted by molar-refractivity contribution is 0.679. The van der Waals surface area contributed by atoms with Crippen molar-refractivity contribution in [3.63, 3.8) is 0 Å². The molecule has 1 atom stereocenters. The zero-order valence-electron chi connectivity index (χ0n) is 8.88. The van der Waals surface area contributed by atoms with E-state index in [-0.39, 0.29) is 0 Å². The number of fused-ring (bicyclic) bond motifs is 1. The molecule has 1 heterocycles. The SMILES string of the molecule is CC(C#N)(CS)c1ncnc2ccccc12. The Labute approximate surface area is 99.6 Å². The van der Waals surface area contributed by atoms with Crippen LogP contribution in [0.4, 0.5) is 0 Å². The van der Waals surface area contributed by atoms with Gasteiger partial charge in [-0.2, -0.15) is 17.9 Å². The van der Waals surface area contributed by atoms with Crippen LogP contribution in [0, 0.1) is 11.3 Å². The topological polar surface area (TPSA) is 49.6 Å². The van der Waals surface area contributed by atoms with E-state index in [1.165, 1.54) is 6.33 Å². The summed E-state index contributed by atoms with van der Waals surface area (Å²) in [5.74, 6) is 0.435. The van der Waals surface area contributed by atoms with Crippen LogP contribution in [0.5, 0.6) is 0 Å². The number of rotatable bonds is 2. The van der Waals surface area contributed by atoms with Crippen molar-refractivity contribution in [2.24, 2.45) is 0 Å². The molecule has 0 amide bonds. The van der Waals surface area contributed by atoms with E-state index in [2.05, 4.69) is 28.7 Å². The number of hydrogen-bond acceptors (Lipinski definition) is 4. The Hall–Kier alpha value is -1.60. The smallest absolute Gasteiger partial charge is 0.116 e. The Morgan fingerprint density at radius 3 is 2.81 bits per heavy atom. The van der Waals surface area contributed by atoms with Gasteiger partial charge in [0.05, 0.1) is 17.3 Å². The highest BCUT2D eigenvalue weighted by Gasteiger charge is 2.28. The van der Waals surface area contributed by atoms with Gasteiger partial charge >= 0.3 is 0 Å². The molecule has 0 N–H and O–H groups in total. The number of nitrogens with zero attached hydrogens (tertiary/aromatic N) is 3. The van der Waals surface area contributed by atoms with Crippen LogP contribution in [-0.4, -0.2) is 15.7 Å². The summed E-state index contributed by atoms with van der Waals surface area (Å²) in [4.78, 5) is 8.42. The molecule has 0 radical (unpaired) electrons. The third-order valence-electron chi connectivity index (χ3n) is 2.63. The van der Waals surface area contributed by atoms with E-state index in [1.54, 1.807) is 0 Å². The first-order chi connectivity index (χ1) is 7.71. The molecular formula is C12H11N3S. The summed E-state index contributed by atoms with van der Waals surface area (Å²) in [6.45, 7) is 1.84. The summed E-state index contributed by atoms with van der Waals surface area (Å²) in [7, 11) is 0. The Morgan fingerprint density at radius 2 is 2.12 bits per heavy atom. The molecule has 0 spiro atoms. The van der Waals surface area contributed by atoms with Crippen LogP contribution < -0.4 is 0 Å². The highest BCUT2D eigenvalue weighted by molar-refractivity contribution is 7.80. The molecule has 3 nitrogen and oxygen atoms in total. The molecule has 16 heavy (non-hydrogen) atoms. The number of nitriles is 1. The van der Waals surface area contributed by atoms with Gasteiger partial charge in [-0.15, -0.1) is 0 Å². The summed E-state index contributed by atoms with van der Waals surface area (Å²) in [5, 5.41) is 10.2. The second-order valence-corrected chi connectivity index (χ2v) is 4.16. The average Bonchev–Trinajstić information content (AvgIpc) is 2.37. The molecule has 0 saturated carbocycles. The molecule has 80 valence electrons. The quantitative estimate of drug-likeness (QED) is 0.804. The van der Waals surface area contributed by atoms with E-state index in [4.69, 9.17) is 0 Å². The maximum absolute atomic E-state index is 9.24. The van der Waals surface area contributed by atoms with Gasteiger partial charge < -0.3 is 0 Å². The fraction of sp³-hybridized carbons (Fsp3) is 0.250. The van der Waals surface area contributed by atoms with Crippen LogP contribution in [0.2, 0.25) is 0 Å². The number of thiol groups is 1. The fourth-order valence-electron chi connectivity index (χ4n) is 1.61. The van der Waals surface area contributed by atoms with Crippen molar-refractivity contribution in [2.45, 2.75) is 12.3 Å². The molecule has 0 aliphatic rings. The molecule has 2 aromatic rings. The predicted octanol–water partition coefficient (Wildman–Crippen LogP) is 2.34. The molecule has 0 aliphatic heterocycles. The van der Waals surface area contributed by atoms with Gasteiger partial charge in [-0.1, -0.05) is 18.2 Å². The Balaban J connectivity index is 2.75. The second kappa shape index (κ2) is 4.11. The van der Waals surface area contributed by atoms with Gasteiger partial charge in [-0.25, -0.2) is 9.97 Å². The molecule has 0 bridgehead atoms. The minimum atomic E-state index is -0.675. The first-order valence-electron chi connectivity index (χ1n) is 4.93. The zero-order chi connectivity index (χ0) is 11.6. The summed E-state index contributed by atoms with van der Waals surface area (Å²) in [5.41, 5.74) is 0.928. The molecule has 0 aliphatic carbocycles. The summed E-state index contributed by atoms with van der Waals surface area (Å²) in [6.07, 6.45) is 1.50. The third kappa shape index (κ3) is 1.63. The molecule has 2 rings (SSSR count).